The Kier molecular flexibility index (Phi) is 5.57. The van der Waals surface area contributed by atoms with Crippen LogP contribution in [0.25, 0.3) is 16.9 Å². The van der Waals surface area contributed by atoms with Crippen LogP contribution in [0.3, 0.4) is 0 Å². The lowest BCUT2D eigenvalue weighted by Crippen LogP contribution is -2.17. The van der Waals surface area contributed by atoms with Crippen molar-refractivity contribution in [3.63, 3.8) is 0 Å². The first-order chi connectivity index (χ1) is 14.5. The molecular formula is C20H16Cl2N8. The summed E-state index contributed by atoms with van der Waals surface area (Å²) in [7, 11) is 0. The number of nitrogens with two attached hydrogens (primary N) is 1. The number of hydrogen-bond acceptors (Lipinski definition) is 7. The minimum Gasteiger partial charge on any atom is -0.383 e. The topological polar surface area (TPSA) is 117 Å². The summed E-state index contributed by atoms with van der Waals surface area (Å²) in [6, 6.07) is 12.5. The number of nitrogen functional groups attached to an aromatic ring is 1. The summed E-state index contributed by atoms with van der Waals surface area (Å²) < 4.78 is 1.85. The molecule has 4 rings (SSSR count). The standard InChI is InChI=1S/C20H16Cl2N8/c21-13-2-3-14(15(22)9-13)16-10-18-26-7-8-30(18)20(28-16)27-6-5-25-17-4-1-12(11-23)19(24)29-17/h1-4,7-10H,5-6H2,(H,27,28)(H3,24,25,29). The zero-order valence-corrected chi connectivity index (χ0v) is 17.1. The van der Waals surface area contributed by atoms with E-state index in [2.05, 4.69) is 20.6 Å². The van der Waals surface area contributed by atoms with E-state index in [0.29, 0.717) is 46.2 Å². The number of nitriles is 1. The van der Waals surface area contributed by atoms with E-state index in [1.165, 1.54) is 0 Å². The second kappa shape index (κ2) is 8.45. The molecule has 0 saturated carbocycles. The van der Waals surface area contributed by atoms with Crippen LogP contribution in [0.2, 0.25) is 10.0 Å². The Labute approximate surface area is 182 Å². The smallest absolute Gasteiger partial charge is 0.209 e. The van der Waals surface area contributed by atoms with E-state index in [0.717, 1.165) is 11.2 Å². The normalized spacial score (nSPS) is 10.7. The Balaban J connectivity index is 1.50. The molecule has 10 heteroatoms. The minimum atomic E-state index is 0.199. The molecular weight excluding hydrogens is 423 g/mol. The van der Waals surface area contributed by atoms with Crippen LogP contribution in [-0.4, -0.2) is 32.4 Å². The third kappa shape index (κ3) is 4.08. The van der Waals surface area contributed by atoms with Crippen molar-refractivity contribution in [3.8, 4) is 17.3 Å². The van der Waals surface area contributed by atoms with Gasteiger partial charge in [-0.3, -0.25) is 4.40 Å². The number of nitrogens with zero attached hydrogens (tertiary/aromatic N) is 5. The molecule has 0 aliphatic carbocycles. The molecule has 0 radical (unpaired) electrons. The van der Waals surface area contributed by atoms with Crippen molar-refractivity contribution in [3.05, 3.63) is 64.4 Å². The number of aromatic nitrogens is 4. The van der Waals surface area contributed by atoms with E-state index in [1.54, 1.807) is 30.5 Å². The molecule has 0 aliphatic heterocycles. The highest BCUT2D eigenvalue weighted by molar-refractivity contribution is 6.36. The van der Waals surface area contributed by atoms with Crippen LogP contribution < -0.4 is 16.4 Å². The van der Waals surface area contributed by atoms with Gasteiger partial charge in [0, 0.05) is 42.1 Å². The second-order valence-electron chi connectivity index (χ2n) is 6.34. The molecule has 1 aromatic carbocycles. The maximum Gasteiger partial charge on any atom is 0.209 e. The molecule has 0 spiro atoms. The summed E-state index contributed by atoms with van der Waals surface area (Å²) in [4.78, 5) is 13.2. The first-order valence-corrected chi connectivity index (χ1v) is 9.74. The van der Waals surface area contributed by atoms with E-state index in [9.17, 15) is 0 Å². The van der Waals surface area contributed by atoms with Gasteiger partial charge in [-0.05, 0) is 30.3 Å². The van der Waals surface area contributed by atoms with Crippen molar-refractivity contribution >= 4 is 46.4 Å². The first kappa shape index (κ1) is 19.8. The van der Waals surface area contributed by atoms with Gasteiger partial charge >= 0.3 is 0 Å². The summed E-state index contributed by atoms with van der Waals surface area (Å²) in [6.45, 7) is 1.11. The van der Waals surface area contributed by atoms with Gasteiger partial charge in [-0.1, -0.05) is 23.2 Å². The van der Waals surface area contributed by atoms with Crippen LogP contribution in [0.15, 0.2) is 48.8 Å². The van der Waals surface area contributed by atoms with Gasteiger partial charge in [-0.2, -0.15) is 5.26 Å². The minimum absolute atomic E-state index is 0.199. The van der Waals surface area contributed by atoms with Crippen molar-refractivity contribution in [2.75, 3.05) is 29.5 Å². The van der Waals surface area contributed by atoms with E-state index in [4.69, 9.17) is 39.2 Å². The number of nitrogens with one attached hydrogen (secondary N) is 2. The summed E-state index contributed by atoms with van der Waals surface area (Å²) >= 11 is 12.4. The fourth-order valence-electron chi connectivity index (χ4n) is 2.92. The van der Waals surface area contributed by atoms with E-state index in [-0.39, 0.29) is 5.82 Å². The highest BCUT2D eigenvalue weighted by atomic mass is 35.5. The SMILES string of the molecule is N#Cc1ccc(NCCNc2nc(-c3ccc(Cl)cc3Cl)cc3nccn23)nc1N. The lowest BCUT2D eigenvalue weighted by molar-refractivity contribution is 0.995. The fraction of sp³-hybridized carbons (Fsp3) is 0.100. The maximum absolute atomic E-state index is 8.92. The molecule has 4 N–H and O–H groups in total. The molecule has 3 aromatic heterocycles. The average Bonchev–Trinajstić information content (AvgIpc) is 3.20. The number of imidazole rings is 1. The third-order valence-electron chi connectivity index (χ3n) is 4.36. The van der Waals surface area contributed by atoms with Gasteiger partial charge in [0.25, 0.3) is 0 Å². The summed E-state index contributed by atoms with van der Waals surface area (Å²) in [5.41, 5.74) is 8.29. The monoisotopic (exact) mass is 438 g/mol. The predicted molar refractivity (Wildman–Crippen MR) is 119 cm³/mol. The van der Waals surface area contributed by atoms with Gasteiger partial charge in [0.2, 0.25) is 5.95 Å². The number of hydrogen-bond donors (Lipinski definition) is 3. The lowest BCUT2D eigenvalue weighted by Gasteiger charge is -2.12. The van der Waals surface area contributed by atoms with Crippen molar-refractivity contribution in [2.45, 2.75) is 0 Å². The largest absolute Gasteiger partial charge is 0.383 e. The zero-order valence-electron chi connectivity index (χ0n) is 15.6. The summed E-state index contributed by atoms with van der Waals surface area (Å²) in [5, 5.41) is 16.5. The Morgan fingerprint density at radius 2 is 1.90 bits per heavy atom. The Morgan fingerprint density at radius 1 is 1.07 bits per heavy atom. The highest BCUT2D eigenvalue weighted by Gasteiger charge is 2.11. The van der Waals surface area contributed by atoms with Crippen LogP contribution in [-0.2, 0) is 0 Å². The Bertz CT molecular complexity index is 1260. The van der Waals surface area contributed by atoms with E-state index in [1.807, 2.05) is 28.8 Å². The molecule has 8 nitrogen and oxygen atoms in total. The van der Waals surface area contributed by atoms with Crippen LogP contribution in [0.4, 0.5) is 17.6 Å². The average molecular weight is 439 g/mol. The number of pyridine rings is 1. The third-order valence-corrected chi connectivity index (χ3v) is 4.90. The van der Waals surface area contributed by atoms with Gasteiger partial charge in [-0.25, -0.2) is 15.0 Å². The molecule has 0 atom stereocenters. The Hall–Kier alpha value is -3.54. The molecule has 0 amide bonds. The number of rotatable bonds is 6. The van der Waals surface area contributed by atoms with Crippen LogP contribution in [0.1, 0.15) is 5.56 Å². The molecule has 0 unspecified atom stereocenters. The van der Waals surface area contributed by atoms with E-state index < -0.39 is 0 Å². The van der Waals surface area contributed by atoms with Gasteiger partial charge in [0.1, 0.15) is 23.4 Å². The molecule has 0 fully saturated rings. The van der Waals surface area contributed by atoms with Crippen LogP contribution in [0.5, 0.6) is 0 Å². The molecule has 30 heavy (non-hydrogen) atoms. The quantitative estimate of drug-likeness (QED) is 0.388. The molecule has 0 aliphatic rings. The van der Waals surface area contributed by atoms with Crippen LogP contribution in [0, 0.1) is 11.3 Å². The summed E-state index contributed by atoms with van der Waals surface area (Å²) in [6.07, 6.45) is 3.53. The van der Waals surface area contributed by atoms with Gasteiger partial charge in [0.15, 0.2) is 0 Å². The zero-order chi connectivity index (χ0) is 21.1. The van der Waals surface area contributed by atoms with Crippen molar-refractivity contribution in [1.82, 2.24) is 19.4 Å². The van der Waals surface area contributed by atoms with E-state index >= 15 is 0 Å². The molecule has 4 aromatic rings. The first-order valence-electron chi connectivity index (χ1n) is 8.99. The number of fused-ring (bicyclic) bond motifs is 1. The second-order valence-corrected chi connectivity index (χ2v) is 7.18. The molecule has 150 valence electrons. The van der Waals surface area contributed by atoms with Gasteiger partial charge in [0.05, 0.1) is 16.3 Å². The molecule has 3 heterocycles. The lowest BCUT2D eigenvalue weighted by atomic mass is 10.1. The molecule has 0 bridgehead atoms. The number of anilines is 3. The van der Waals surface area contributed by atoms with Gasteiger partial charge < -0.3 is 16.4 Å². The van der Waals surface area contributed by atoms with Crippen LogP contribution >= 0.6 is 23.2 Å². The van der Waals surface area contributed by atoms with Crippen molar-refractivity contribution in [1.29, 1.82) is 5.26 Å². The van der Waals surface area contributed by atoms with Crippen molar-refractivity contribution in [2.24, 2.45) is 0 Å². The Morgan fingerprint density at radius 3 is 2.67 bits per heavy atom. The highest BCUT2D eigenvalue weighted by Crippen LogP contribution is 2.30. The fourth-order valence-corrected chi connectivity index (χ4v) is 3.42. The molecule has 0 saturated heterocycles. The predicted octanol–water partition coefficient (Wildman–Crippen LogP) is 4.08. The maximum atomic E-state index is 8.92. The van der Waals surface area contributed by atoms with Gasteiger partial charge in [-0.15, -0.1) is 0 Å². The number of halogens is 2. The van der Waals surface area contributed by atoms with Crippen molar-refractivity contribution < 1.29 is 0 Å². The summed E-state index contributed by atoms with van der Waals surface area (Å²) in [5.74, 6) is 1.42. The number of benzene rings is 1.